The van der Waals surface area contributed by atoms with E-state index in [1.807, 2.05) is 42.8 Å². The van der Waals surface area contributed by atoms with Gasteiger partial charge in [0, 0.05) is 6.20 Å². The summed E-state index contributed by atoms with van der Waals surface area (Å²) in [6.07, 6.45) is 5.28. The first-order valence-corrected chi connectivity index (χ1v) is 9.71. The Bertz CT molecular complexity index is 1200. The Balaban J connectivity index is 1.62. The number of imidazole rings is 1. The van der Waals surface area contributed by atoms with Crippen LogP contribution in [0.3, 0.4) is 0 Å². The van der Waals surface area contributed by atoms with Gasteiger partial charge in [0.2, 0.25) is 5.96 Å². The number of benzene rings is 2. The number of amides is 1. The molecular formula is C23H22FN5O2. The molecule has 8 heteroatoms. The van der Waals surface area contributed by atoms with E-state index in [9.17, 15) is 9.18 Å². The molecule has 7 nitrogen and oxygen atoms in total. The number of rotatable bonds is 5. The summed E-state index contributed by atoms with van der Waals surface area (Å²) in [7, 11) is 1.59. The van der Waals surface area contributed by atoms with Crippen LogP contribution in [0.15, 0.2) is 65.7 Å². The van der Waals surface area contributed by atoms with E-state index in [0.29, 0.717) is 5.75 Å². The number of hydrogen-bond donors (Lipinski definition) is 1. The molecule has 0 saturated carbocycles. The predicted octanol–water partition coefficient (Wildman–Crippen LogP) is 3.59. The molecule has 2 aromatic carbocycles. The van der Waals surface area contributed by atoms with Crippen molar-refractivity contribution in [1.82, 2.24) is 14.5 Å². The first-order chi connectivity index (χ1) is 14.9. The number of hydrogen-bond acceptors (Lipinski definition) is 5. The van der Waals surface area contributed by atoms with Crippen LogP contribution in [-0.4, -0.2) is 33.4 Å². The molecule has 1 atom stereocenters. The van der Waals surface area contributed by atoms with Gasteiger partial charge in [-0.3, -0.25) is 9.69 Å². The number of nitrogens with two attached hydrogens (primary N) is 1. The van der Waals surface area contributed by atoms with Crippen LogP contribution < -0.4 is 10.5 Å². The molecule has 31 heavy (non-hydrogen) atoms. The lowest BCUT2D eigenvalue weighted by molar-refractivity contribution is -0.124. The highest BCUT2D eigenvalue weighted by Gasteiger charge is 2.33. The zero-order valence-corrected chi connectivity index (χ0v) is 17.4. The zero-order chi connectivity index (χ0) is 22.1. The first kappa shape index (κ1) is 20.3. The maximum atomic E-state index is 13.2. The Hall–Kier alpha value is -3.94. The normalized spacial score (nSPS) is 16.0. The number of halogens is 1. The van der Waals surface area contributed by atoms with Crippen molar-refractivity contribution in [2.24, 2.45) is 10.7 Å². The van der Waals surface area contributed by atoms with E-state index >= 15 is 0 Å². The molecule has 158 valence electrons. The van der Waals surface area contributed by atoms with Crippen LogP contribution >= 0.6 is 0 Å². The fourth-order valence-electron chi connectivity index (χ4n) is 3.52. The predicted molar refractivity (Wildman–Crippen MR) is 116 cm³/mol. The first-order valence-electron chi connectivity index (χ1n) is 9.71. The summed E-state index contributed by atoms with van der Waals surface area (Å²) in [4.78, 5) is 22.9. The molecule has 0 fully saturated rings. The molecule has 3 aromatic rings. The molecule has 0 aliphatic carbocycles. The Morgan fingerprint density at radius 2 is 1.94 bits per heavy atom. The quantitative estimate of drug-likeness (QED) is 0.641. The average Bonchev–Trinajstić information content (AvgIpc) is 3.30. The van der Waals surface area contributed by atoms with E-state index in [1.165, 1.54) is 17.0 Å². The molecule has 2 heterocycles. The third-order valence-electron chi connectivity index (χ3n) is 5.16. The lowest BCUT2D eigenvalue weighted by Gasteiger charge is -2.24. The smallest absolute Gasteiger partial charge is 0.279 e. The Kier molecular flexibility index (Phi) is 5.29. The molecule has 1 aromatic heterocycles. The van der Waals surface area contributed by atoms with Crippen molar-refractivity contribution in [3.63, 3.8) is 0 Å². The molecule has 1 aliphatic heterocycles. The fraction of sp³-hybridized carbons (Fsp3) is 0.174. The number of guanidine groups is 1. The third-order valence-corrected chi connectivity index (χ3v) is 5.16. The number of ether oxygens (including phenoxy) is 1. The second kappa shape index (κ2) is 8.06. The van der Waals surface area contributed by atoms with Gasteiger partial charge >= 0.3 is 0 Å². The number of carbonyl (C=O) groups excluding carboxylic acids is 1. The molecule has 0 unspecified atom stereocenters. The van der Waals surface area contributed by atoms with E-state index in [0.717, 1.165) is 22.5 Å². The van der Waals surface area contributed by atoms with E-state index in [2.05, 4.69) is 9.98 Å². The van der Waals surface area contributed by atoms with Crippen LogP contribution in [0.4, 0.5) is 4.39 Å². The summed E-state index contributed by atoms with van der Waals surface area (Å²) in [5, 5.41) is 0. The molecule has 1 aliphatic rings. The topological polar surface area (TPSA) is 85.7 Å². The van der Waals surface area contributed by atoms with Crippen LogP contribution in [-0.2, 0) is 4.79 Å². The molecule has 0 saturated heterocycles. The highest BCUT2D eigenvalue weighted by atomic mass is 19.1. The van der Waals surface area contributed by atoms with Gasteiger partial charge in [-0.05, 0) is 55.3 Å². The lowest BCUT2D eigenvalue weighted by atomic mass is 10.1. The lowest BCUT2D eigenvalue weighted by Crippen LogP contribution is -2.39. The van der Waals surface area contributed by atoms with Crippen LogP contribution in [0.25, 0.3) is 11.8 Å². The minimum atomic E-state index is -0.385. The molecule has 1 amide bonds. The van der Waals surface area contributed by atoms with Crippen molar-refractivity contribution in [2.75, 3.05) is 7.11 Å². The number of carbonyl (C=O) groups is 1. The number of aromatic nitrogens is 2. The molecule has 2 N–H and O–H groups in total. The van der Waals surface area contributed by atoms with Crippen molar-refractivity contribution >= 4 is 17.9 Å². The second-order valence-corrected chi connectivity index (χ2v) is 7.26. The summed E-state index contributed by atoms with van der Waals surface area (Å²) in [5.41, 5.74) is 9.50. The Morgan fingerprint density at radius 1 is 1.19 bits per heavy atom. The van der Waals surface area contributed by atoms with Gasteiger partial charge in [-0.2, -0.15) is 0 Å². The minimum absolute atomic E-state index is 0.102. The standard InChI is InChI=1S/C23H22FN5O2/c1-14-12-28(13-26-14)20-9-4-16(11-21(20)31-3)10-19-22(30)29(23(25)27-19)15(2)17-5-7-18(24)8-6-17/h4-13,15H,1-3H3,(H2,25,27)/t15-/m0/s1. The van der Waals surface area contributed by atoms with Gasteiger partial charge in [-0.15, -0.1) is 0 Å². The van der Waals surface area contributed by atoms with Gasteiger partial charge in [0.05, 0.1) is 30.9 Å². The van der Waals surface area contributed by atoms with Crippen molar-refractivity contribution in [3.8, 4) is 11.4 Å². The summed E-state index contributed by atoms with van der Waals surface area (Å²) in [6, 6.07) is 11.2. The van der Waals surface area contributed by atoms with Crippen LogP contribution in [0.2, 0.25) is 0 Å². The largest absolute Gasteiger partial charge is 0.495 e. The van der Waals surface area contributed by atoms with Crippen LogP contribution in [0.5, 0.6) is 5.75 Å². The Labute approximate surface area is 179 Å². The van der Waals surface area contributed by atoms with Gasteiger partial charge in [0.1, 0.15) is 17.3 Å². The van der Waals surface area contributed by atoms with Crippen molar-refractivity contribution < 1.29 is 13.9 Å². The van der Waals surface area contributed by atoms with Crippen LogP contribution in [0.1, 0.15) is 29.8 Å². The third kappa shape index (κ3) is 3.92. The summed E-state index contributed by atoms with van der Waals surface area (Å²) in [6.45, 7) is 3.73. The second-order valence-electron chi connectivity index (χ2n) is 7.26. The molecule has 0 radical (unpaired) electrons. The minimum Gasteiger partial charge on any atom is -0.495 e. The molecule has 0 bridgehead atoms. The van der Waals surface area contributed by atoms with Gasteiger partial charge in [-0.25, -0.2) is 14.4 Å². The number of methoxy groups -OCH3 is 1. The van der Waals surface area contributed by atoms with E-state index in [1.54, 1.807) is 31.6 Å². The summed E-state index contributed by atoms with van der Waals surface area (Å²) < 4.78 is 20.6. The summed E-state index contributed by atoms with van der Waals surface area (Å²) >= 11 is 0. The highest BCUT2D eigenvalue weighted by Crippen LogP contribution is 2.29. The van der Waals surface area contributed by atoms with E-state index in [-0.39, 0.29) is 29.4 Å². The van der Waals surface area contributed by atoms with Crippen molar-refractivity contribution in [1.29, 1.82) is 0 Å². The summed E-state index contributed by atoms with van der Waals surface area (Å²) in [5.74, 6) is 0.0769. The van der Waals surface area contributed by atoms with Crippen LogP contribution in [0, 0.1) is 12.7 Å². The monoisotopic (exact) mass is 419 g/mol. The van der Waals surface area contributed by atoms with Gasteiger partial charge in [0.25, 0.3) is 5.91 Å². The van der Waals surface area contributed by atoms with Gasteiger partial charge < -0.3 is 15.0 Å². The zero-order valence-electron chi connectivity index (χ0n) is 17.4. The van der Waals surface area contributed by atoms with Gasteiger partial charge in [0.15, 0.2) is 0 Å². The Morgan fingerprint density at radius 3 is 2.58 bits per heavy atom. The highest BCUT2D eigenvalue weighted by molar-refractivity contribution is 6.13. The van der Waals surface area contributed by atoms with E-state index < -0.39 is 0 Å². The van der Waals surface area contributed by atoms with Gasteiger partial charge in [-0.1, -0.05) is 18.2 Å². The van der Waals surface area contributed by atoms with Crippen molar-refractivity contribution in [3.05, 3.63) is 83.3 Å². The maximum absolute atomic E-state index is 13.2. The molecular weight excluding hydrogens is 397 g/mol. The van der Waals surface area contributed by atoms with E-state index in [4.69, 9.17) is 10.5 Å². The molecule has 4 rings (SSSR count). The SMILES string of the molecule is COc1cc(C=C2N=C(N)N([C@@H](C)c3ccc(F)cc3)C2=O)ccc1-n1cnc(C)c1. The average molecular weight is 419 g/mol. The van der Waals surface area contributed by atoms with Crippen molar-refractivity contribution in [2.45, 2.75) is 19.9 Å². The molecule has 0 spiro atoms. The number of aliphatic imine (C=N–C) groups is 1. The maximum Gasteiger partial charge on any atom is 0.279 e. The fourth-order valence-corrected chi connectivity index (χ4v) is 3.52. The number of aryl methyl sites for hydroxylation is 1. The number of nitrogens with zero attached hydrogens (tertiary/aromatic N) is 4.